The Bertz CT molecular complexity index is 412. The maximum Gasteiger partial charge on any atom is 0.323 e. The Balaban J connectivity index is 2.79. The van der Waals surface area contributed by atoms with Gasteiger partial charge in [-0.3, -0.25) is 0 Å². The Labute approximate surface area is 120 Å². The predicted octanol–water partition coefficient (Wildman–Crippen LogP) is 1.52. The van der Waals surface area contributed by atoms with Gasteiger partial charge in [-0.1, -0.05) is 20.8 Å². The Morgan fingerprint density at radius 3 is 2.30 bits per heavy atom. The quantitative estimate of drug-likeness (QED) is 0.632. The molecule has 1 heterocycles. The first-order valence-electron chi connectivity index (χ1n) is 6.98. The zero-order valence-electron chi connectivity index (χ0n) is 12.7. The highest BCUT2D eigenvalue weighted by Gasteiger charge is 2.17. The van der Waals surface area contributed by atoms with E-state index < -0.39 is 0 Å². The van der Waals surface area contributed by atoms with Crippen molar-refractivity contribution >= 4 is 11.9 Å². The van der Waals surface area contributed by atoms with Crippen LogP contribution in [0.4, 0.5) is 11.9 Å². The third-order valence-electron chi connectivity index (χ3n) is 2.54. The van der Waals surface area contributed by atoms with Gasteiger partial charge in [0.15, 0.2) is 0 Å². The number of rotatable bonds is 9. The molecule has 0 aromatic carbocycles. The molecular formula is C13H25N5O2. The lowest BCUT2D eigenvalue weighted by Crippen LogP contribution is -2.27. The number of aromatic nitrogens is 3. The summed E-state index contributed by atoms with van der Waals surface area (Å²) in [6.07, 6.45) is 0.891. The van der Waals surface area contributed by atoms with Gasteiger partial charge in [-0.25, -0.2) is 0 Å². The minimum Gasteiger partial charge on any atom is -0.463 e. The Morgan fingerprint density at radius 1 is 1.10 bits per heavy atom. The number of nitrogens with one attached hydrogen (secondary N) is 2. The largest absolute Gasteiger partial charge is 0.463 e. The molecule has 0 saturated carbocycles. The fourth-order valence-electron chi connectivity index (χ4n) is 1.30. The first-order chi connectivity index (χ1) is 9.50. The zero-order valence-corrected chi connectivity index (χ0v) is 12.7. The van der Waals surface area contributed by atoms with Crippen LogP contribution in [0.15, 0.2) is 0 Å². The van der Waals surface area contributed by atoms with E-state index in [-0.39, 0.29) is 12.0 Å². The summed E-state index contributed by atoms with van der Waals surface area (Å²) >= 11 is 0. The summed E-state index contributed by atoms with van der Waals surface area (Å²) in [6, 6.07) is 0.308. The van der Waals surface area contributed by atoms with E-state index in [4.69, 9.17) is 4.74 Å². The molecule has 0 spiro atoms. The third-order valence-corrected chi connectivity index (χ3v) is 2.54. The second kappa shape index (κ2) is 7.84. The van der Waals surface area contributed by atoms with Crippen LogP contribution in [0.1, 0.15) is 34.1 Å². The van der Waals surface area contributed by atoms with Gasteiger partial charge in [0.2, 0.25) is 11.9 Å². The number of anilines is 2. The smallest absolute Gasteiger partial charge is 0.323 e. The molecule has 0 atom stereocenters. The number of hydrogen-bond acceptors (Lipinski definition) is 7. The molecule has 0 radical (unpaired) electrons. The van der Waals surface area contributed by atoms with Crippen LogP contribution in [-0.2, 0) is 0 Å². The number of aliphatic hydroxyl groups excluding tert-OH is 1. The standard InChI is InChI=1S/C13H25N5O2/c1-5-7-20-12-17-10(14-6-2)16-11(18-12)15-8-13(3,4)9-19/h19H,5-9H2,1-4H3,(H2,14,15,16,17,18). The molecule has 0 amide bonds. The molecule has 1 rings (SSSR count). The predicted molar refractivity (Wildman–Crippen MR) is 79.1 cm³/mol. The topological polar surface area (TPSA) is 92.2 Å². The van der Waals surface area contributed by atoms with Crippen molar-refractivity contribution < 1.29 is 9.84 Å². The maximum atomic E-state index is 9.25. The first-order valence-corrected chi connectivity index (χ1v) is 6.98. The van der Waals surface area contributed by atoms with Crippen LogP contribution >= 0.6 is 0 Å². The molecular weight excluding hydrogens is 258 g/mol. The number of hydrogen-bond donors (Lipinski definition) is 3. The monoisotopic (exact) mass is 283 g/mol. The van der Waals surface area contributed by atoms with Gasteiger partial charge >= 0.3 is 6.01 Å². The minimum atomic E-state index is -0.241. The highest BCUT2D eigenvalue weighted by Crippen LogP contribution is 2.16. The Hall–Kier alpha value is -1.63. The summed E-state index contributed by atoms with van der Waals surface area (Å²) in [4.78, 5) is 12.7. The summed E-state index contributed by atoms with van der Waals surface area (Å²) in [5.41, 5.74) is -0.241. The average molecular weight is 283 g/mol. The van der Waals surface area contributed by atoms with Crippen molar-refractivity contribution in [3.63, 3.8) is 0 Å². The fourth-order valence-corrected chi connectivity index (χ4v) is 1.30. The molecule has 20 heavy (non-hydrogen) atoms. The molecule has 0 saturated heterocycles. The maximum absolute atomic E-state index is 9.25. The van der Waals surface area contributed by atoms with E-state index in [1.54, 1.807) is 0 Å². The normalized spacial score (nSPS) is 11.2. The lowest BCUT2D eigenvalue weighted by atomic mass is 9.95. The minimum absolute atomic E-state index is 0.0876. The van der Waals surface area contributed by atoms with Crippen LogP contribution in [0.2, 0.25) is 0 Å². The van der Waals surface area contributed by atoms with Crippen molar-refractivity contribution in [1.82, 2.24) is 15.0 Å². The molecule has 0 bridgehead atoms. The van der Waals surface area contributed by atoms with E-state index in [1.165, 1.54) is 0 Å². The Morgan fingerprint density at radius 2 is 1.75 bits per heavy atom. The van der Waals surface area contributed by atoms with Gasteiger partial charge in [-0.05, 0) is 13.3 Å². The summed E-state index contributed by atoms with van der Waals surface area (Å²) in [7, 11) is 0. The molecule has 3 N–H and O–H groups in total. The molecule has 7 nitrogen and oxygen atoms in total. The van der Waals surface area contributed by atoms with Crippen molar-refractivity contribution in [1.29, 1.82) is 0 Å². The highest BCUT2D eigenvalue weighted by atomic mass is 16.5. The summed E-state index contributed by atoms with van der Waals surface area (Å²) in [6.45, 7) is 9.85. The molecule has 1 aromatic heterocycles. The van der Waals surface area contributed by atoms with E-state index in [0.717, 1.165) is 13.0 Å². The van der Waals surface area contributed by atoms with Gasteiger partial charge < -0.3 is 20.5 Å². The summed E-state index contributed by atoms with van der Waals surface area (Å²) in [5.74, 6) is 0.932. The molecule has 0 fully saturated rings. The molecule has 1 aromatic rings. The van der Waals surface area contributed by atoms with Gasteiger partial charge in [-0.2, -0.15) is 15.0 Å². The van der Waals surface area contributed by atoms with Crippen LogP contribution in [0.5, 0.6) is 6.01 Å². The van der Waals surface area contributed by atoms with Gasteiger partial charge in [-0.15, -0.1) is 0 Å². The molecule has 114 valence electrons. The third kappa shape index (κ3) is 5.56. The number of nitrogens with zero attached hydrogens (tertiary/aromatic N) is 3. The fraction of sp³-hybridized carbons (Fsp3) is 0.769. The van der Waals surface area contributed by atoms with Gasteiger partial charge in [0.05, 0.1) is 6.61 Å². The zero-order chi connectivity index (χ0) is 15.0. The molecule has 0 aliphatic rings. The van der Waals surface area contributed by atoms with E-state index >= 15 is 0 Å². The van der Waals surface area contributed by atoms with E-state index in [1.807, 2.05) is 27.7 Å². The van der Waals surface area contributed by atoms with Crippen LogP contribution in [0.25, 0.3) is 0 Å². The highest BCUT2D eigenvalue weighted by molar-refractivity contribution is 5.35. The lowest BCUT2D eigenvalue weighted by molar-refractivity contribution is 0.170. The van der Waals surface area contributed by atoms with Crippen LogP contribution in [0, 0.1) is 5.41 Å². The lowest BCUT2D eigenvalue weighted by Gasteiger charge is -2.21. The summed E-state index contributed by atoms with van der Waals surface area (Å²) < 4.78 is 5.45. The van der Waals surface area contributed by atoms with Gasteiger partial charge in [0.25, 0.3) is 0 Å². The van der Waals surface area contributed by atoms with E-state index in [0.29, 0.717) is 31.1 Å². The van der Waals surface area contributed by atoms with Crippen LogP contribution in [-0.4, -0.2) is 46.4 Å². The van der Waals surface area contributed by atoms with E-state index in [2.05, 4.69) is 25.6 Å². The molecule has 0 unspecified atom stereocenters. The van der Waals surface area contributed by atoms with Crippen molar-refractivity contribution in [3.8, 4) is 6.01 Å². The molecule has 0 aliphatic heterocycles. The number of ether oxygens (including phenoxy) is 1. The van der Waals surface area contributed by atoms with Gasteiger partial charge in [0, 0.05) is 25.1 Å². The Kier molecular flexibility index (Phi) is 6.44. The van der Waals surface area contributed by atoms with Crippen molar-refractivity contribution in [2.45, 2.75) is 34.1 Å². The molecule has 0 aliphatic carbocycles. The van der Waals surface area contributed by atoms with E-state index in [9.17, 15) is 5.11 Å². The SMILES string of the molecule is CCCOc1nc(NCC)nc(NCC(C)(C)CO)n1. The van der Waals surface area contributed by atoms with Crippen molar-refractivity contribution in [2.24, 2.45) is 5.41 Å². The number of aliphatic hydroxyl groups is 1. The molecule has 7 heteroatoms. The van der Waals surface area contributed by atoms with Crippen LogP contribution < -0.4 is 15.4 Å². The van der Waals surface area contributed by atoms with Crippen molar-refractivity contribution in [3.05, 3.63) is 0 Å². The van der Waals surface area contributed by atoms with Crippen LogP contribution in [0.3, 0.4) is 0 Å². The van der Waals surface area contributed by atoms with Gasteiger partial charge in [0.1, 0.15) is 0 Å². The first kappa shape index (κ1) is 16.4. The average Bonchev–Trinajstić information content (AvgIpc) is 2.43. The second-order valence-electron chi connectivity index (χ2n) is 5.32. The second-order valence-corrected chi connectivity index (χ2v) is 5.32. The summed E-state index contributed by atoms with van der Waals surface area (Å²) in [5, 5.41) is 15.4. The van der Waals surface area contributed by atoms with Crippen molar-refractivity contribution in [2.75, 3.05) is 36.9 Å².